The molecule has 0 spiro atoms. The Morgan fingerprint density at radius 1 is 1.32 bits per heavy atom. The Labute approximate surface area is 114 Å². The number of carbonyl (C=O) groups is 1. The van der Waals surface area contributed by atoms with Gasteiger partial charge in [0.1, 0.15) is 0 Å². The van der Waals surface area contributed by atoms with E-state index in [-0.39, 0.29) is 5.91 Å². The van der Waals surface area contributed by atoms with Crippen LogP contribution in [0.4, 0.5) is 0 Å². The van der Waals surface area contributed by atoms with Crippen molar-refractivity contribution in [3.8, 4) is 0 Å². The Morgan fingerprint density at radius 2 is 2.21 bits per heavy atom. The first-order valence-corrected chi connectivity index (χ1v) is 7.67. The third-order valence-corrected chi connectivity index (χ3v) is 5.55. The summed E-state index contributed by atoms with van der Waals surface area (Å²) in [6.45, 7) is 3.45. The molecule has 5 aliphatic rings. The predicted octanol–water partition coefficient (Wildman–Crippen LogP) is 2.11. The molecule has 0 unspecified atom stereocenters. The van der Waals surface area contributed by atoms with E-state index in [0.717, 1.165) is 25.3 Å². The summed E-state index contributed by atoms with van der Waals surface area (Å²) >= 11 is 0. The fourth-order valence-electron chi connectivity index (χ4n) is 4.80. The van der Waals surface area contributed by atoms with Crippen LogP contribution in [0.3, 0.4) is 0 Å². The number of hydrogen-bond donors (Lipinski definition) is 2. The Balaban J connectivity index is 1.79. The maximum absolute atomic E-state index is 11.7. The average Bonchev–Trinajstić information content (AvgIpc) is 2.62. The number of hydrogen-bond acceptors (Lipinski definition) is 2. The van der Waals surface area contributed by atoms with Crippen molar-refractivity contribution in [3.63, 3.8) is 0 Å². The van der Waals surface area contributed by atoms with E-state index in [4.69, 9.17) is 0 Å². The molecule has 2 bridgehead atoms. The molecule has 3 nitrogen and oxygen atoms in total. The van der Waals surface area contributed by atoms with Gasteiger partial charge in [0, 0.05) is 24.1 Å². The Bertz CT molecular complexity index is 491. The zero-order valence-electron chi connectivity index (χ0n) is 11.5. The third kappa shape index (κ3) is 1.71. The molecular formula is C16H22N2O. The predicted molar refractivity (Wildman–Crippen MR) is 74.3 cm³/mol. The number of piperidine rings is 1. The highest BCUT2D eigenvalue weighted by molar-refractivity contribution is 5.80. The molecule has 1 fully saturated rings. The first-order valence-electron chi connectivity index (χ1n) is 7.67. The number of nitrogens with one attached hydrogen (secondary N) is 2. The Hall–Kier alpha value is -1.09. The minimum Gasteiger partial charge on any atom is -0.330 e. The van der Waals surface area contributed by atoms with Crippen molar-refractivity contribution in [1.29, 1.82) is 0 Å². The molecule has 5 rings (SSSR count). The second-order valence-corrected chi connectivity index (χ2v) is 6.59. The van der Waals surface area contributed by atoms with E-state index >= 15 is 0 Å². The molecule has 1 amide bonds. The maximum atomic E-state index is 11.7. The first kappa shape index (κ1) is 11.7. The molecule has 0 saturated carbocycles. The van der Waals surface area contributed by atoms with Gasteiger partial charge in [0.2, 0.25) is 5.91 Å². The Morgan fingerprint density at radius 3 is 3.11 bits per heavy atom. The van der Waals surface area contributed by atoms with E-state index in [0.29, 0.717) is 24.3 Å². The average molecular weight is 258 g/mol. The lowest BCUT2D eigenvalue weighted by molar-refractivity contribution is -0.120. The van der Waals surface area contributed by atoms with Gasteiger partial charge in [-0.25, -0.2) is 0 Å². The van der Waals surface area contributed by atoms with E-state index in [9.17, 15) is 4.79 Å². The highest BCUT2D eigenvalue weighted by atomic mass is 16.1. The smallest absolute Gasteiger partial charge is 0.224 e. The first-order chi connectivity index (χ1) is 9.24. The van der Waals surface area contributed by atoms with Crippen LogP contribution in [0, 0.1) is 17.8 Å². The number of allylic oxidation sites excluding steroid dienone is 2. The fraction of sp³-hybridized carbons (Fsp3) is 0.688. The summed E-state index contributed by atoms with van der Waals surface area (Å²) in [5, 5.41) is 6.95. The molecule has 3 aliphatic carbocycles. The van der Waals surface area contributed by atoms with Gasteiger partial charge >= 0.3 is 0 Å². The van der Waals surface area contributed by atoms with Gasteiger partial charge in [-0.15, -0.1) is 0 Å². The van der Waals surface area contributed by atoms with Crippen LogP contribution in [0.5, 0.6) is 0 Å². The zero-order valence-corrected chi connectivity index (χ0v) is 11.5. The summed E-state index contributed by atoms with van der Waals surface area (Å²) in [6, 6.07) is 0.617. The van der Waals surface area contributed by atoms with Crippen LogP contribution in [-0.2, 0) is 4.79 Å². The van der Waals surface area contributed by atoms with Crippen LogP contribution in [-0.4, -0.2) is 18.5 Å². The minimum absolute atomic E-state index is 0.216. The topological polar surface area (TPSA) is 41.1 Å². The monoisotopic (exact) mass is 258 g/mol. The molecule has 4 atom stereocenters. The van der Waals surface area contributed by atoms with Crippen molar-refractivity contribution in [3.05, 3.63) is 22.9 Å². The summed E-state index contributed by atoms with van der Waals surface area (Å²) < 4.78 is 0. The zero-order chi connectivity index (χ0) is 13.0. The van der Waals surface area contributed by atoms with Crippen molar-refractivity contribution in [2.24, 2.45) is 17.8 Å². The van der Waals surface area contributed by atoms with E-state index in [1.165, 1.54) is 29.7 Å². The van der Waals surface area contributed by atoms with E-state index in [2.05, 4.69) is 23.6 Å². The minimum atomic E-state index is 0.216. The van der Waals surface area contributed by atoms with Crippen molar-refractivity contribution >= 4 is 5.91 Å². The molecule has 3 heteroatoms. The Kier molecular flexibility index (Phi) is 2.59. The van der Waals surface area contributed by atoms with Crippen molar-refractivity contribution in [2.45, 2.75) is 45.1 Å². The van der Waals surface area contributed by atoms with Gasteiger partial charge in [-0.2, -0.15) is 0 Å². The molecule has 2 aliphatic heterocycles. The van der Waals surface area contributed by atoms with Gasteiger partial charge in [0.15, 0.2) is 0 Å². The summed E-state index contributed by atoms with van der Waals surface area (Å²) in [5.41, 5.74) is 4.31. The van der Waals surface area contributed by atoms with Crippen molar-refractivity contribution < 1.29 is 4.79 Å². The number of amides is 1. The quantitative estimate of drug-likeness (QED) is 0.653. The van der Waals surface area contributed by atoms with Crippen LogP contribution >= 0.6 is 0 Å². The molecule has 2 N–H and O–H groups in total. The van der Waals surface area contributed by atoms with Crippen LogP contribution in [0.25, 0.3) is 0 Å². The highest BCUT2D eigenvalue weighted by Crippen LogP contribution is 2.48. The van der Waals surface area contributed by atoms with Gasteiger partial charge in [0.05, 0.1) is 0 Å². The van der Waals surface area contributed by atoms with Crippen LogP contribution in [0.2, 0.25) is 0 Å². The third-order valence-electron chi connectivity index (χ3n) is 5.55. The summed E-state index contributed by atoms with van der Waals surface area (Å²) in [4.78, 5) is 11.7. The SMILES string of the molecule is CC1=C[C@H]2CC3=C(CCC(=O)N3)[C@@H]1[C@H]1NCCC[C@H]12. The van der Waals surface area contributed by atoms with Crippen LogP contribution in [0.1, 0.15) is 39.0 Å². The standard InChI is InChI=1S/C16H22N2O/c1-9-7-10-8-13-12(4-5-14(19)18-13)15(9)16-11(10)3-2-6-17-16/h7,10-11,15-17H,2-6,8H2,1H3,(H,18,19)/t10-,11-,15+,16-/m0/s1. The molecule has 0 radical (unpaired) electrons. The molecule has 0 aromatic heterocycles. The lowest BCUT2D eigenvalue weighted by Crippen LogP contribution is -2.50. The maximum Gasteiger partial charge on any atom is 0.224 e. The molecular weight excluding hydrogens is 236 g/mol. The van der Waals surface area contributed by atoms with E-state index in [1.807, 2.05) is 0 Å². The van der Waals surface area contributed by atoms with Gasteiger partial charge in [0.25, 0.3) is 0 Å². The van der Waals surface area contributed by atoms with Crippen LogP contribution < -0.4 is 10.6 Å². The summed E-state index contributed by atoms with van der Waals surface area (Å²) in [6.07, 6.45) is 7.84. The van der Waals surface area contributed by atoms with Gasteiger partial charge in [-0.3, -0.25) is 4.79 Å². The van der Waals surface area contributed by atoms with Gasteiger partial charge in [-0.1, -0.05) is 11.6 Å². The summed E-state index contributed by atoms with van der Waals surface area (Å²) in [5.74, 6) is 2.15. The molecule has 19 heavy (non-hydrogen) atoms. The van der Waals surface area contributed by atoms with E-state index in [1.54, 1.807) is 0 Å². The van der Waals surface area contributed by atoms with Crippen LogP contribution in [0.15, 0.2) is 22.9 Å². The fourth-order valence-corrected chi connectivity index (χ4v) is 4.80. The second-order valence-electron chi connectivity index (χ2n) is 6.59. The van der Waals surface area contributed by atoms with Crippen molar-refractivity contribution in [1.82, 2.24) is 10.6 Å². The summed E-state index contributed by atoms with van der Waals surface area (Å²) in [7, 11) is 0. The molecule has 2 heterocycles. The molecule has 102 valence electrons. The normalized spacial score (nSPS) is 41.1. The molecule has 1 saturated heterocycles. The van der Waals surface area contributed by atoms with Gasteiger partial charge < -0.3 is 10.6 Å². The molecule has 0 aromatic carbocycles. The largest absolute Gasteiger partial charge is 0.330 e. The van der Waals surface area contributed by atoms with Gasteiger partial charge in [-0.05, 0) is 56.6 Å². The second kappa shape index (κ2) is 4.20. The van der Waals surface area contributed by atoms with E-state index < -0.39 is 0 Å². The number of rotatable bonds is 0. The number of carbonyl (C=O) groups excluding carboxylic acids is 1. The highest BCUT2D eigenvalue weighted by Gasteiger charge is 2.45. The van der Waals surface area contributed by atoms with Crippen molar-refractivity contribution in [2.75, 3.05) is 6.54 Å². The molecule has 0 aromatic rings. The lowest BCUT2D eigenvalue weighted by Gasteiger charge is -2.44. The lowest BCUT2D eigenvalue weighted by atomic mass is 9.67.